The van der Waals surface area contributed by atoms with E-state index in [0.29, 0.717) is 0 Å². The topological polar surface area (TPSA) is 94.8 Å². The van der Waals surface area contributed by atoms with Gasteiger partial charge < -0.3 is 15.3 Å². The number of carboxylic acids is 2. The van der Waals surface area contributed by atoms with Crippen molar-refractivity contribution < 1.29 is 24.9 Å². The van der Waals surface area contributed by atoms with Gasteiger partial charge in [0.2, 0.25) is 0 Å². The van der Waals surface area contributed by atoms with Crippen LogP contribution in [0.1, 0.15) is 41.0 Å². The summed E-state index contributed by atoms with van der Waals surface area (Å²) in [4.78, 5) is 22.4. The zero-order chi connectivity index (χ0) is 14.7. The highest BCUT2D eigenvalue weighted by molar-refractivity contribution is 5.74. The quantitative estimate of drug-likeness (QED) is 0.677. The number of rotatable bonds is 6. The number of aliphatic hydroxyl groups is 1. The fourth-order valence-electron chi connectivity index (χ4n) is 1.93. The molecule has 0 saturated carbocycles. The van der Waals surface area contributed by atoms with Crippen LogP contribution < -0.4 is 0 Å². The second kappa shape index (κ2) is 6.18. The summed E-state index contributed by atoms with van der Waals surface area (Å²) in [6.45, 7) is 8.70. The molecule has 0 heterocycles. The molecule has 5 heteroatoms. The molecule has 0 spiro atoms. The predicted molar refractivity (Wildman–Crippen MR) is 67.2 cm³/mol. The highest BCUT2D eigenvalue weighted by atomic mass is 16.4. The molecule has 18 heavy (non-hydrogen) atoms. The number of aliphatic hydroxyl groups excluding tert-OH is 1. The van der Waals surface area contributed by atoms with Crippen molar-refractivity contribution in [2.75, 3.05) is 0 Å². The van der Waals surface area contributed by atoms with Crippen LogP contribution in [-0.2, 0) is 9.59 Å². The van der Waals surface area contributed by atoms with Crippen molar-refractivity contribution in [2.24, 2.45) is 23.2 Å². The van der Waals surface area contributed by atoms with Gasteiger partial charge in [0.1, 0.15) is 0 Å². The SMILES string of the molecule is CC(C)[C@H](O)[C@H](C[C@@H](C(=O)O)C(C)(C)C)C(=O)O. The Morgan fingerprint density at radius 3 is 1.72 bits per heavy atom. The molecule has 0 aromatic rings. The number of carboxylic acid groups (broad SMARTS) is 2. The molecule has 0 radical (unpaired) electrons. The van der Waals surface area contributed by atoms with Gasteiger partial charge in [0.05, 0.1) is 17.9 Å². The second-order valence-corrected chi connectivity index (χ2v) is 6.17. The predicted octanol–water partition coefficient (Wildman–Crippen LogP) is 1.84. The fourth-order valence-corrected chi connectivity index (χ4v) is 1.93. The van der Waals surface area contributed by atoms with Gasteiger partial charge in [-0.3, -0.25) is 9.59 Å². The van der Waals surface area contributed by atoms with Crippen molar-refractivity contribution >= 4 is 11.9 Å². The van der Waals surface area contributed by atoms with Gasteiger partial charge in [-0.25, -0.2) is 0 Å². The van der Waals surface area contributed by atoms with Crippen LogP contribution in [0.15, 0.2) is 0 Å². The first-order valence-corrected chi connectivity index (χ1v) is 6.12. The number of carbonyl (C=O) groups is 2. The molecular formula is C13H24O5. The average molecular weight is 260 g/mol. The Bertz CT molecular complexity index is 303. The molecule has 3 atom stereocenters. The lowest BCUT2D eigenvalue weighted by molar-refractivity contribution is -0.153. The smallest absolute Gasteiger partial charge is 0.309 e. The van der Waals surface area contributed by atoms with Crippen molar-refractivity contribution in [3.8, 4) is 0 Å². The third kappa shape index (κ3) is 4.64. The van der Waals surface area contributed by atoms with Crippen LogP contribution in [0.5, 0.6) is 0 Å². The van der Waals surface area contributed by atoms with Crippen LogP contribution in [0, 0.1) is 23.2 Å². The summed E-state index contributed by atoms with van der Waals surface area (Å²) >= 11 is 0. The lowest BCUT2D eigenvalue weighted by Crippen LogP contribution is -2.38. The number of aliphatic carboxylic acids is 2. The molecule has 0 fully saturated rings. The van der Waals surface area contributed by atoms with Gasteiger partial charge in [-0.15, -0.1) is 0 Å². The maximum Gasteiger partial charge on any atom is 0.309 e. The third-order valence-electron chi connectivity index (χ3n) is 3.25. The minimum Gasteiger partial charge on any atom is -0.481 e. The first kappa shape index (κ1) is 16.9. The molecule has 0 aliphatic heterocycles. The molecule has 3 N–H and O–H groups in total. The maximum absolute atomic E-state index is 11.2. The molecular weight excluding hydrogens is 236 g/mol. The second-order valence-electron chi connectivity index (χ2n) is 6.17. The van der Waals surface area contributed by atoms with E-state index in [1.807, 2.05) is 0 Å². The normalized spacial score (nSPS) is 17.3. The first-order valence-electron chi connectivity index (χ1n) is 6.12. The third-order valence-corrected chi connectivity index (χ3v) is 3.25. The van der Waals surface area contributed by atoms with Gasteiger partial charge in [-0.2, -0.15) is 0 Å². The van der Waals surface area contributed by atoms with E-state index >= 15 is 0 Å². The summed E-state index contributed by atoms with van der Waals surface area (Å²) in [6.07, 6.45) is -1.10. The van der Waals surface area contributed by atoms with Gasteiger partial charge in [-0.1, -0.05) is 34.6 Å². The van der Waals surface area contributed by atoms with E-state index in [0.717, 1.165) is 0 Å². The van der Waals surface area contributed by atoms with Crippen molar-refractivity contribution in [3.05, 3.63) is 0 Å². The van der Waals surface area contributed by atoms with Crippen LogP contribution >= 0.6 is 0 Å². The van der Waals surface area contributed by atoms with E-state index < -0.39 is 35.3 Å². The van der Waals surface area contributed by atoms with Gasteiger partial charge in [0.25, 0.3) is 0 Å². The molecule has 0 aliphatic rings. The van der Waals surface area contributed by atoms with E-state index in [1.165, 1.54) is 0 Å². The van der Waals surface area contributed by atoms with E-state index in [4.69, 9.17) is 5.11 Å². The molecule has 106 valence electrons. The molecule has 0 unspecified atom stereocenters. The first-order chi connectivity index (χ1) is 7.98. The summed E-state index contributed by atoms with van der Waals surface area (Å²) < 4.78 is 0. The maximum atomic E-state index is 11.2. The van der Waals surface area contributed by atoms with Gasteiger partial charge in [-0.05, 0) is 17.8 Å². The Morgan fingerprint density at radius 1 is 1.06 bits per heavy atom. The zero-order valence-corrected chi connectivity index (χ0v) is 11.7. The van der Waals surface area contributed by atoms with Gasteiger partial charge in [0, 0.05) is 0 Å². The Labute approximate surface area is 108 Å². The summed E-state index contributed by atoms with van der Waals surface area (Å²) in [7, 11) is 0. The molecule has 0 aromatic carbocycles. The summed E-state index contributed by atoms with van der Waals surface area (Å²) in [5, 5.41) is 28.2. The molecule has 0 aliphatic carbocycles. The lowest BCUT2D eigenvalue weighted by atomic mass is 9.74. The number of hydrogen-bond donors (Lipinski definition) is 3. The van der Waals surface area contributed by atoms with Crippen LogP contribution in [0.25, 0.3) is 0 Å². The average Bonchev–Trinajstić information content (AvgIpc) is 2.14. The molecule has 5 nitrogen and oxygen atoms in total. The van der Waals surface area contributed by atoms with Gasteiger partial charge in [0.15, 0.2) is 0 Å². The Morgan fingerprint density at radius 2 is 1.50 bits per heavy atom. The Hall–Kier alpha value is -1.10. The molecule has 0 rings (SSSR count). The minimum absolute atomic E-state index is 0.0620. The van der Waals surface area contributed by atoms with Crippen molar-refractivity contribution in [3.63, 3.8) is 0 Å². The zero-order valence-electron chi connectivity index (χ0n) is 11.7. The van der Waals surface area contributed by atoms with E-state index in [-0.39, 0.29) is 12.3 Å². The Balaban J connectivity index is 5.07. The summed E-state index contributed by atoms with van der Waals surface area (Å²) in [5.41, 5.74) is -0.545. The highest BCUT2D eigenvalue weighted by Crippen LogP contribution is 2.33. The van der Waals surface area contributed by atoms with Crippen molar-refractivity contribution in [1.29, 1.82) is 0 Å². The monoisotopic (exact) mass is 260 g/mol. The highest BCUT2D eigenvalue weighted by Gasteiger charge is 2.38. The van der Waals surface area contributed by atoms with Gasteiger partial charge >= 0.3 is 11.9 Å². The van der Waals surface area contributed by atoms with Crippen LogP contribution in [0.2, 0.25) is 0 Å². The number of hydrogen-bond acceptors (Lipinski definition) is 3. The van der Waals surface area contributed by atoms with Crippen molar-refractivity contribution in [2.45, 2.75) is 47.1 Å². The molecule has 0 amide bonds. The summed E-state index contributed by atoms with van der Waals surface area (Å²) in [5.74, 6) is -4.24. The largest absolute Gasteiger partial charge is 0.481 e. The van der Waals surface area contributed by atoms with Crippen molar-refractivity contribution in [1.82, 2.24) is 0 Å². The summed E-state index contributed by atoms with van der Waals surface area (Å²) in [6, 6.07) is 0. The Kier molecular flexibility index (Phi) is 5.80. The standard InChI is InChI=1S/C13H24O5/c1-7(2)10(14)8(11(15)16)6-9(12(17)18)13(3,4)5/h7-10,14H,6H2,1-5H3,(H,15,16)(H,17,18)/t8-,9-,10-/m0/s1. The van der Waals surface area contributed by atoms with Crippen LogP contribution in [0.3, 0.4) is 0 Å². The molecule has 0 bridgehead atoms. The van der Waals surface area contributed by atoms with Crippen LogP contribution in [0.4, 0.5) is 0 Å². The minimum atomic E-state index is -1.15. The van der Waals surface area contributed by atoms with Crippen LogP contribution in [-0.4, -0.2) is 33.4 Å². The van der Waals surface area contributed by atoms with E-state index in [2.05, 4.69) is 0 Å². The molecule has 0 saturated heterocycles. The van der Waals surface area contributed by atoms with E-state index in [1.54, 1.807) is 34.6 Å². The fraction of sp³-hybridized carbons (Fsp3) is 0.846. The van der Waals surface area contributed by atoms with E-state index in [9.17, 15) is 19.8 Å². The molecule has 0 aromatic heterocycles. The lowest BCUT2D eigenvalue weighted by Gasteiger charge is -2.31.